The summed E-state index contributed by atoms with van der Waals surface area (Å²) in [7, 11) is 1.54. The van der Waals surface area contributed by atoms with Gasteiger partial charge in [0.2, 0.25) is 0 Å². The number of rotatable bonds is 12. The number of carbonyl (C=O) groups excluding carboxylic acids is 3. The van der Waals surface area contributed by atoms with Crippen molar-refractivity contribution in [3.8, 4) is 23.0 Å². The quantitative estimate of drug-likeness (QED) is 0.314. The number of imide groups is 1. The third kappa shape index (κ3) is 6.92. The van der Waals surface area contributed by atoms with Crippen LogP contribution in [0.1, 0.15) is 19.4 Å². The van der Waals surface area contributed by atoms with E-state index < -0.39 is 11.9 Å². The zero-order chi connectivity index (χ0) is 25.2. The molecule has 0 unspecified atom stereocenters. The van der Waals surface area contributed by atoms with Gasteiger partial charge in [0, 0.05) is 0 Å². The average Bonchev–Trinajstić information content (AvgIpc) is 3.11. The van der Waals surface area contributed by atoms with Gasteiger partial charge < -0.3 is 23.7 Å². The smallest absolute Gasteiger partial charge is 0.344 e. The minimum absolute atomic E-state index is 0.102. The predicted molar refractivity (Wildman–Crippen MR) is 131 cm³/mol. The summed E-state index contributed by atoms with van der Waals surface area (Å²) in [6.07, 6.45) is 1.61. The van der Waals surface area contributed by atoms with E-state index in [-0.39, 0.29) is 36.5 Å². The lowest BCUT2D eigenvalue weighted by atomic mass is 10.2. The molecule has 1 saturated heterocycles. The number of para-hydroxylation sites is 2. The van der Waals surface area contributed by atoms with Crippen LogP contribution in [0.4, 0.5) is 4.79 Å². The van der Waals surface area contributed by atoms with E-state index in [1.807, 2.05) is 19.1 Å². The maximum atomic E-state index is 12.8. The van der Waals surface area contributed by atoms with Gasteiger partial charge in [-0.3, -0.25) is 14.5 Å². The van der Waals surface area contributed by atoms with Crippen molar-refractivity contribution in [1.82, 2.24) is 4.90 Å². The second kappa shape index (κ2) is 12.7. The number of thioether (sulfide) groups is 1. The standard InChI is InChI=1S/C25H27NO8S/c1-4-31-21-14-17(10-11-20(21)34-16-23(27)32-5-2)15-22-24(28)26(25(29)35-22)12-13-33-19-9-7-6-8-18(19)30-3/h6-11,14-15H,4-5,12-13,16H2,1-3H3/b22-15-. The van der Waals surface area contributed by atoms with Crippen molar-refractivity contribution in [1.29, 1.82) is 0 Å². The Kier molecular flexibility index (Phi) is 9.42. The van der Waals surface area contributed by atoms with Crippen LogP contribution in [0.25, 0.3) is 6.08 Å². The summed E-state index contributed by atoms with van der Waals surface area (Å²) in [4.78, 5) is 38.3. The lowest BCUT2D eigenvalue weighted by molar-refractivity contribution is -0.145. The normalized spacial score (nSPS) is 14.3. The Morgan fingerprint density at radius 1 is 0.943 bits per heavy atom. The highest BCUT2D eigenvalue weighted by atomic mass is 32.2. The fraction of sp³-hybridized carbons (Fsp3) is 0.320. The monoisotopic (exact) mass is 501 g/mol. The van der Waals surface area contributed by atoms with Gasteiger partial charge in [0.15, 0.2) is 29.6 Å². The average molecular weight is 502 g/mol. The van der Waals surface area contributed by atoms with Crippen LogP contribution in [0.3, 0.4) is 0 Å². The van der Waals surface area contributed by atoms with Crippen LogP contribution >= 0.6 is 11.8 Å². The van der Waals surface area contributed by atoms with Crippen molar-refractivity contribution in [2.75, 3.05) is 40.1 Å². The molecular weight excluding hydrogens is 474 g/mol. The molecular formula is C25H27NO8S. The summed E-state index contributed by atoms with van der Waals surface area (Å²) in [6, 6.07) is 12.2. The Hall–Kier alpha value is -3.66. The van der Waals surface area contributed by atoms with Gasteiger partial charge in [-0.2, -0.15) is 0 Å². The van der Waals surface area contributed by atoms with Crippen molar-refractivity contribution >= 4 is 35.0 Å². The Bertz CT molecular complexity index is 1100. The molecule has 0 radical (unpaired) electrons. The summed E-state index contributed by atoms with van der Waals surface area (Å²) in [5.41, 5.74) is 0.646. The molecule has 1 heterocycles. The molecule has 0 saturated carbocycles. The van der Waals surface area contributed by atoms with Gasteiger partial charge in [-0.15, -0.1) is 0 Å². The molecule has 2 aromatic rings. The van der Waals surface area contributed by atoms with Gasteiger partial charge in [-0.1, -0.05) is 18.2 Å². The number of benzene rings is 2. The van der Waals surface area contributed by atoms with Crippen LogP contribution in [0, 0.1) is 0 Å². The van der Waals surface area contributed by atoms with Gasteiger partial charge in [-0.25, -0.2) is 4.79 Å². The highest BCUT2D eigenvalue weighted by molar-refractivity contribution is 8.18. The van der Waals surface area contributed by atoms with Gasteiger partial charge in [0.1, 0.15) is 6.61 Å². The zero-order valence-corrected chi connectivity index (χ0v) is 20.6. The van der Waals surface area contributed by atoms with Crippen molar-refractivity contribution in [3.05, 3.63) is 52.9 Å². The number of methoxy groups -OCH3 is 1. The van der Waals surface area contributed by atoms with Crippen LogP contribution in [-0.4, -0.2) is 62.1 Å². The molecule has 1 fully saturated rings. The van der Waals surface area contributed by atoms with E-state index >= 15 is 0 Å². The molecule has 3 rings (SSSR count). The van der Waals surface area contributed by atoms with Gasteiger partial charge in [0.25, 0.3) is 11.1 Å². The summed E-state index contributed by atoms with van der Waals surface area (Å²) in [6.45, 7) is 4.16. The van der Waals surface area contributed by atoms with Crippen molar-refractivity contribution in [3.63, 3.8) is 0 Å². The number of esters is 1. The molecule has 1 aliphatic heterocycles. The highest BCUT2D eigenvalue weighted by Gasteiger charge is 2.34. The molecule has 9 nitrogen and oxygen atoms in total. The number of nitrogens with zero attached hydrogens (tertiary/aromatic N) is 1. The maximum Gasteiger partial charge on any atom is 0.344 e. The van der Waals surface area contributed by atoms with E-state index in [0.29, 0.717) is 35.2 Å². The fourth-order valence-electron chi connectivity index (χ4n) is 3.17. The molecule has 10 heteroatoms. The molecule has 0 aliphatic carbocycles. The third-order valence-electron chi connectivity index (χ3n) is 4.73. The van der Waals surface area contributed by atoms with Crippen molar-refractivity contribution in [2.45, 2.75) is 13.8 Å². The Balaban J connectivity index is 1.66. The SMILES string of the molecule is CCOC(=O)COc1ccc(/C=C2\SC(=O)N(CCOc3ccccc3OC)C2=O)cc1OCC. The fourth-order valence-corrected chi connectivity index (χ4v) is 4.04. The van der Waals surface area contributed by atoms with Crippen LogP contribution in [-0.2, 0) is 14.3 Å². The molecule has 2 amide bonds. The van der Waals surface area contributed by atoms with E-state index in [1.165, 1.54) is 0 Å². The summed E-state index contributed by atoms with van der Waals surface area (Å²) >= 11 is 0.859. The Morgan fingerprint density at radius 3 is 2.40 bits per heavy atom. The van der Waals surface area contributed by atoms with Crippen LogP contribution in [0.5, 0.6) is 23.0 Å². The van der Waals surface area contributed by atoms with Crippen LogP contribution in [0.15, 0.2) is 47.4 Å². The largest absolute Gasteiger partial charge is 0.493 e. The zero-order valence-electron chi connectivity index (χ0n) is 19.8. The molecule has 186 valence electrons. The number of hydrogen-bond acceptors (Lipinski definition) is 9. The predicted octanol–water partition coefficient (Wildman–Crippen LogP) is 4.15. The van der Waals surface area contributed by atoms with Gasteiger partial charge in [0.05, 0.1) is 31.8 Å². The molecule has 1 aliphatic rings. The van der Waals surface area contributed by atoms with E-state index in [4.69, 9.17) is 23.7 Å². The first kappa shape index (κ1) is 26.0. The van der Waals surface area contributed by atoms with E-state index in [0.717, 1.165) is 16.7 Å². The number of hydrogen-bond donors (Lipinski definition) is 0. The molecule has 0 N–H and O–H groups in total. The first-order valence-electron chi connectivity index (χ1n) is 11.0. The third-order valence-corrected chi connectivity index (χ3v) is 5.64. The maximum absolute atomic E-state index is 12.8. The molecule has 35 heavy (non-hydrogen) atoms. The minimum atomic E-state index is -0.484. The van der Waals surface area contributed by atoms with Crippen molar-refractivity contribution < 1.29 is 38.1 Å². The summed E-state index contributed by atoms with van der Waals surface area (Å²) < 4.78 is 26.9. The number of ether oxygens (including phenoxy) is 5. The first-order valence-corrected chi connectivity index (χ1v) is 11.8. The highest BCUT2D eigenvalue weighted by Crippen LogP contribution is 2.35. The number of carbonyl (C=O) groups is 3. The Morgan fingerprint density at radius 2 is 1.69 bits per heavy atom. The molecule has 0 aromatic heterocycles. The van der Waals surface area contributed by atoms with E-state index in [1.54, 1.807) is 50.4 Å². The molecule has 0 atom stereocenters. The lowest BCUT2D eigenvalue weighted by Gasteiger charge is -2.14. The topological polar surface area (TPSA) is 101 Å². The minimum Gasteiger partial charge on any atom is -0.493 e. The lowest BCUT2D eigenvalue weighted by Crippen LogP contribution is -2.32. The molecule has 2 aromatic carbocycles. The van der Waals surface area contributed by atoms with Gasteiger partial charge >= 0.3 is 5.97 Å². The van der Waals surface area contributed by atoms with E-state index in [9.17, 15) is 14.4 Å². The summed E-state index contributed by atoms with van der Waals surface area (Å²) in [5, 5.41) is -0.371. The Labute approximate surface area is 207 Å². The first-order chi connectivity index (χ1) is 17.0. The second-order valence-electron chi connectivity index (χ2n) is 7.07. The van der Waals surface area contributed by atoms with Crippen molar-refractivity contribution in [2.24, 2.45) is 0 Å². The van der Waals surface area contributed by atoms with Gasteiger partial charge in [-0.05, 0) is 61.5 Å². The van der Waals surface area contributed by atoms with E-state index in [2.05, 4.69) is 0 Å². The summed E-state index contributed by atoms with van der Waals surface area (Å²) in [5.74, 6) is 1.01. The molecule has 0 spiro atoms. The molecule has 0 bridgehead atoms. The van der Waals surface area contributed by atoms with Crippen LogP contribution in [0.2, 0.25) is 0 Å². The second-order valence-corrected chi connectivity index (χ2v) is 8.06. The van der Waals surface area contributed by atoms with Crippen LogP contribution < -0.4 is 18.9 Å². The number of amides is 2.